The molecule has 2 rings (SSSR count). The van der Waals surface area contributed by atoms with Gasteiger partial charge in [-0.25, -0.2) is 4.39 Å². The lowest BCUT2D eigenvalue weighted by molar-refractivity contribution is -0.148. The number of likely N-dealkylation sites (tertiary alicyclic amines) is 1. The summed E-state index contributed by atoms with van der Waals surface area (Å²) in [6.07, 6.45) is 1.41. The lowest BCUT2D eigenvalue weighted by Gasteiger charge is -2.31. The van der Waals surface area contributed by atoms with Crippen LogP contribution in [0.5, 0.6) is 0 Å². The van der Waals surface area contributed by atoms with E-state index in [0.717, 1.165) is 6.42 Å². The molecule has 0 bridgehead atoms. The first-order valence-corrected chi connectivity index (χ1v) is 6.23. The Bertz CT molecular complexity index is 480. The van der Waals surface area contributed by atoms with Crippen LogP contribution in [0.15, 0.2) is 18.2 Å². The van der Waals surface area contributed by atoms with Gasteiger partial charge in [-0.1, -0.05) is 17.7 Å². The average Bonchev–Trinajstić information content (AvgIpc) is 2.66. The van der Waals surface area contributed by atoms with Crippen molar-refractivity contribution in [2.24, 2.45) is 0 Å². The van der Waals surface area contributed by atoms with Gasteiger partial charge < -0.3 is 5.11 Å². The van der Waals surface area contributed by atoms with Crippen molar-refractivity contribution >= 4 is 17.6 Å². The molecule has 0 aromatic heterocycles. The summed E-state index contributed by atoms with van der Waals surface area (Å²) in [5.74, 6) is -1.24. The Balaban J connectivity index is 2.21. The number of carboxylic acids is 1. The predicted octanol–water partition coefficient (Wildman–Crippen LogP) is 2.92. The molecule has 1 aliphatic heterocycles. The third-order valence-corrected chi connectivity index (χ3v) is 3.86. The summed E-state index contributed by atoms with van der Waals surface area (Å²) in [4.78, 5) is 13.1. The van der Waals surface area contributed by atoms with Gasteiger partial charge in [-0.3, -0.25) is 9.69 Å². The van der Waals surface area contributed by atoms with E-state index in [0.29, 0.717) is 30.1 Å². The Morgan fingerprint density at radius 3 is 2.94 bits per heavy atom. The molecule has 1 unspecified atom stereocenters. The van der Waals surface area contributed by atoms with Crippen LogP contribution in [0.4, 0.5) is 4.39 Å². The lowest BCUT2D eigenvalue weighted by Crippen LogP contribution is -2.47. The molecule has 1 aliphatic rings. The number of benzene rings is 1. The SMILES string of the molecule is CC1(C(=O)O)CCCN1Cc1ccc(Cl)cc1F. The van der Waals surface area contributed by atoms with Crippen molar-refractivity contribution in [1.29, 1.82) is 0 Å². The highest BCUT2D eigenvalue weighted by Gasteiger charge is 2.43. The maximum atomic E-state index is 13.7. The van der Waals surface area contributed by atoms with Gasteiger partial charge >= 0.3 is 5.97 Å². The third-order valence-electron chi connectivity index (χ3n) is 3.63. The first kappa shape index (κ1) is 13.3. The highest BCUT2D eigenvalue weighted by molar-refractivity contribution is 6.30. The Morgan fingerprint density at radius 2 is 2.33 bits per heavy atom. The number of aliphatic carboxylic acids is 1. The fourth-order valence-corrected chi connectivity index (χ4v) is 2.53. The van der Waals surface area contributed by atoms with Crippen molar-refractivity contribution in [2.45, 2.75) is 31.8 Å². The molecule has 1 heterocycles. The maximum Gasteiger partial charge on any atom is 0.323 e. The van der Waals surface area contributed by atoms with Crippen molar-refractivity contribution in [3.8, 4) is 0 Å². The molecule has 0 aliphatic carbocycles. The first-order valence-electron chi connectivity index (χ1n) is 5.86. The number of carbonyl (C=O) groups is 1. The van der Waals surface area contributed by atoms with Crippen LogP contribution >= 0.6 is 11.6 Å². The van der Waals surface area contributed by atoms with Crippen molar-refractivity contribution in [3.63, 3.8) is 0 Å². The fraction of sp³-hybridized carbons (Fsp3) is 0.462. The summed E-state index contributed by atoms with van der Waals surface area (Å²) in [5, 5.41) is 9.62. The quantitative estimate of drug-likeness (QED) is 0.919. The van der Waals surface area contributed by atoms with E-state index in [1.807, 2.05) is 4.90 Å². The minimum absolute atomic E-state index is 0.297. The molecule has 98 valence electrons. The normalized spacial score (nSPS) is 24.4. The first-order chi connectivity index (χ1) is 8.43. The number of hydrogen-bond acceptors (Lipinski definition) is 2. The van der Waals surface area contributed by atoms with E-state index < -0.39 is 11.5 Å². The van der Waals surface area contributed by atoms with Gasteiger partial charge in [0.2, 0.25) is 0 Å². The Labute approximate surface area is 110 Å². The molecule has 5 heteroatoms. The molecule has 1 saturated heterocycles. The highest BCUT2D eigenvalue weighted by atomic mass is 35.5. The summed E-state index contributed by atoms with van der Waals surface area (Å²) >= 11 is 5.69. The summed E-state index contributed by atoms with van der Waals surface area (Å²) in [6, 6.07) is 4.48. The zero-order valence-corrected chi connectivity index (χ0v) is 10.9. The Morgan fingerprint density at radius 1 is 1.61 bits per heavy atom. The van der Waals surface area contributed by atoms with Crippen LogP contribution in [-0.4, -0.2) is 28.1 Å². The molecule has 1 aromatic carbocycles. The van der Waals surface area contributed by atoms with Crippen molar-refractivity contribution in [2.75, 3.05) is 6.54 Å². The van der Waals surface area contributed by atoms with E-state index in [4.69, 9.17) is 11.6 Å². The minimum Gasteiger partial charge on any atom is -0.480 e. The van der Waals surface area contributed by atoms with E-state index in [1.165, 1.54) is 6.07 Å². The number of rotatable bonds is 3. The van der Waals surface area contributed by atoms with E-state index in [1.54, 1.807) is 19.1 Å². The second-order valence-corrected chi connectivity index (χ2v) is 5.28. The topological polar surface area (TPSA) is 40.5 Å². The third kappa shape index (κ3) is 2.35. The van der Waals surface area contributed by atoms with Gasteiger partial charge in [0.15, 0.2) is 0 Å². The summed E-state index contributed by atoms with van der Waals surface area (Å²) in [6.45, 7) is 2.66. The van der Waals surface area contributed by atoms with Gasteiger partial charge in [-0.2, -0.15) is 0 Å². The second kappa shape index (κ2) is 4.86. The van der Waals surface area contributed by atoms with E-state index in [2.05, 4.69) is 0 Å². The molecule has 1 N–H and O–H groups in total. The van der Waals surface area contributed by atoms with Gasteiger partial charge in [-0.15, -0.1) is 0 Å². The molecule has 0 radical (unpaired) electrons. The molecular weight excluding hydrogens is 257 g/mol. The van der Waals surface area contributed by atoms with Crippen LogP contribution in [0.3, 0.4) is 0 Å². The monoisotopic (exact) mass is 271 g/mol. The van der Waals surface area contributed by atoms with Gasteiger partial charge in [0, 0.05) is 17.1 Å². The van der Waals surface area contributed by atoms with Gasteiger partial charge in [0.25, 0.3) is 0 Å². The van der Waals surface area contributed by atoms with E-state index >= 15 is 0 Å². The fourth-order valence-electron chi connectivity index (χ4n) is 2.37. The molecule has 0 spiro atoms. The second-order valence-electron chi connectivity index (χ2n) is 4.84. The van der Waals surface area contributed by atoms with Gasteiger partial charge in [0.05, 0.1) is 0 Å². The molecule has 1 atom stereocenters. The molecule has 0 amide bonds. The summed E-state index contributed by atoms with van der Waals surface area (Å²) in [7, 11) is 0. The van der Waals surface area contributed by atoms with Crippen LogP contribution in [0.25, 0.3) is 0 Å². The van der Waals surface area contributed by atoms with Gasteiger partial charge in [0.1, 0.15) is 11.4 Å². The van der Waals surface area contributed by atoms with Gasteiger partial charge in [-0.05, 0) is 38.4 Å². The molecule has 3 nitrogen and oxygen atoms in total. The zero-order valence-electron chi connectivity index (χ0n) is 10.1. The lowest BCUT2D eigenvalue weighted by atomic mass is 9.99. The number of nitrogens with zero attached hydrogens (tertiary/aromatic N) is 1. The van der Waals surface area contributed by atoms with E-state index in [-0.39, 0.29) is 5.82 Å². The smallest absolute Gasteiger partial charge is 0.323 e. The average molecular weight is 272 g/mol. The molecule has 18 heavy (non-hydrogen) atoms. The zero-order chi connectivity index (χ0) is 13.3. The largest absolute Gasteiger partial charge is 0.480 e. The number of hydrogen-bond donors (Lipinski definition) is 1. The van der Waals surface area contributed by atoms with Crippen molar-refractivity contribution < 1.29 is 14.3 Å². The van der Waals surface area contributed by atoms with Crippen LogP contribution in [-0.2, 0) is 11.3 Å². The maximum absolute atomic E-state index is 13.7. The minimum atomic E-state index is -0.897. The molecule has 0 saturated carbocycles. The molecule has 1 fully saturated rings. The van der Waals surface area contributed by atoms with Crippen LogP contribution in [0.1, 0.15) is 25.3 Å². The molecular formula is C13H15ClFNO2. The van der Waals surface area contributed by atoms with Crippen molar-refractivity contribution in [3.05, 3.63) is 34.6 Å². The molecule has 1 aromatic rings. The number of halogens is 2. The summed E-state index contributed by atoms with van der Waals surface area (Å²) < 4.78 is 13.7. The number of carboxylic acid groups (broad SMARTS) is 1. The van der Waals surface area contributed by atoms with Crippen molar-refractivity contribution in [1.82, 2.24) is 4.90 Å². The Hall–Kier alpha value is -1.13. The highest BCUT2D eigenvalue weighted by Crippen LogP contribution is 2.31. The van der Waals surface area contributed by atoms with Crippen LogP contribution < -0.4 is 0 Å². The van der Waals surface area contributed by atoms with Crippen LogP contribution in [0.2, 0.25) is 5.02 Å². The summed E-state index contributed by atoms with van der Waals surface area (Å²) in [5.41, 5.74) is -0.416. The van der Waals surface area contributed by atoms with Crippen LogP contribution in [0, 0.1) is 5.82 Å². The predicted molar refractivity (Wildman–Crippen MR) is 67.1 cm³/mol. The standard InChI is InChI=1S/C13H15ClFNO2/c1-13(12(17)18)5-2-6-16(13)8-9-3-4-10(14)7-11(9)15/h3-4,7H,2,5-6,8H2,1H3,(H,17,18). The van der Waals surface area contributed by atoms with E-state index in [9.17, 15) is 14.3 Å². The Kier molecular flexibility index (Phi) is 3.59.